The van der Waals surface area contributed by atoms with Gasteiger partial charge in [0.25, 0.3) is 5.69 Å². The topological polar surface area (TPSA) is 67.5 Å². The molecule has 0 aliphatic carbocycles. The van der Waals surface area contributed by atoms with E-state index in [2.05, 4.69) is 10.5 Å². The Morgan fingerprint density at radius 1 is 0.963 bits per heavy atom. The Morgan fingerprint density at radius 3 is 2.26 bits per heavy atom. The zero-order valence-electron chi connectivity index (χ0n) is 14.2. The highest BCUT2D eigenvalue weighted by Crippen LogP contribution is 2.15. The molecule has 3 aromatic carbocycles. The molecule has 0 bridgehead atoms. The Morgan fingerprint density at radius 2 is 1.63 bits per heavy atom. The molecule has 0 spiro atoms. The molecular weight excluding hydrogens is 362 g/mol. The molecule has 0 unspecified atom stereocenters. The fourth-order valence-electron chi connectivity index (χ4n) is 2.34. The number of rotatable bonds is 6. The van der Waals surface area contributed by atoms with E-state index in [0.29, 0.717) is 10.7 Å². The molecule has 0 amide bonds. The van der Waals surface area contributed by atoms with Gasteiger partial charge in [-0.2, -0.15) is 5.10 Å². The fourth-order valence-corrected chi connectivity index (χ4v) is 2.46. The predicted octanol–water partition coefficient (Wildman–Crippen LogP) is 5.78. The van der Waals surface area contributed by atoms with Crippen molar-refractivity contribution in [2.45, 2.75) is 0 Å². The lowest BCUT2D eigenvalue weighted by molar-refractivity contribution is -0.384. The van der Waals surface area contributed by atoms with Crippen LogP contribution < -0.4 is 5.43 Å². The average Bonchev–Trinajstić information content (AvgIpc) is 2.70. The van der Waals surface area contributed by atoms with Gasteiger partial charge in [-0.25, -0.2) is 0 Å². The maximum atomic E-state index is 10.9. The van der Waals surface area contributed by atoms with Gasteiger partial charge < -0.3 is 0 Å². The van der Waals surface area contributed by atoms with Crippen molar-refractivity contribution in [3.63, 3.8) is 0 Å². The molecule has 0 aromatic heterocycles. The molecule has 0 heterocycles. The van der Waals surface area contributed by atoms with Crippen LogP contribution in [0.1, 0.15) is 11.1 Å². The number of nitro groups is 1. The van der Waals surface area contributed by atoms with Crippen molar-refractivity contribution in [1.82, 2.24) is 0 Å². The molecule has 0 atom stereocenters. The van der Waals surface area contributed by atoms with Crippen LogP contribution in [0.25, 0.3) is 6.08 Å². The summed E-state index contributed by atoms with van der Waals surface area (Å²) in [5, 5.41) is 16.0. The summed E-state index contributed by atoms with van der Waals surface area (Å²) in [5.74, 6) is 0. The van der Waals surface area contributed by atoms with Crippen LogP contribution in [-0.2, 0) is 0 Å². The first-order valence-electron chi connectivity index (χ1n) is 8.19. The number of anilines is 1. The van der Waals surface area contributed by atoms with E-state index in [4.69, 9.17) is 11.6 Å². The highest BCUT2D eigenvalue weighted by molar-refractivity contribution is 6.30. The first-order valence-corrected chi connectivity index (χ1v) is 8.57. The van der Waals surface area contributed by atoms with Crippen molar-refractivity contribution in [3.05, 3.63) is 111 Å². The summed E-state index contributed by atoms with van der Waals surface area (Å²) in [4.78, 5) is 10.4. The van der Waals surface area contributed by atoms with E-state index in [9.17, 15) is 10.1 Å². The fraction of sp³-hybridized carbons (Fsp3) is 0. The summed E-state index contributed by atoms with van der Waals surface area (Å²) >= 11 is 5.92. The summed E-state index contributed by atoms with van der Waals surface area (Å²) in [5.41, 5.74) is 6.26. The van der Waals surface area contributed by atoms with Crippen LogP contribution in [0.4, 0.5) is 11.4 Å². The number of hydrogen-bond donors (Lipinski definition) is 1. The van der Waals surface area contributed by atoms with E-state index < -0.39 is 4.92 Å². The smallest absolute Gasteiger partial charge is 0.269 e. The third-order valence-electron chi connectivity index (χ3n) is 3.76. The summed E-state index contributed by atoms with van der Waals surface area (Å²) in [6.07, 6.45) is 3.75. The normalized spacial score (nSPS) is 11.5. The first-order chi connectivity index (χ1) is 13.1. The molecule has 0 radical (unpaired) electrons. The van der Waals surface area contributed by atoms with Crippen molar-refractivity contribution < 1.29 is 4.92 Å². The van der Waals surface area contributed by atoms with Gasteiger partial charge in [0, 0.05) is 22.7 Å². The van der Waals surface area contributed by atoms with E-state index >= 15 is 0 Å². The molecule has 3 aromatic rings. The number of nitrogens with zero attached hydrogens (tertiary/aromatic N) is 2. The number of benzene rings is 3. The van der Waals surface area contributed by atoms with E-state index in [1.807, 2.05) is 66.7 Å². The Balaban J connectivity index is 1.90. The van der Waals surface area contributed by atoms with Crippen molar-refractivity contribution in [1.29, 1.82) is 0 Å². The van der Waals surface area contributed by atoms with Crippen molar-refractivity contribution >= 4 is 34.8 Å². The van der Waals surface area contributed by atoms with E-state index in [0.717, 1.165) is 16.8 Å². The molecule has 0 saturated heterocycles. The molecule has 0 aliphatic rings. The molecule has 0 aliphatic heterocycles. The minimum Gasteiger partial charge on any atom is -0.278 e. The van der Waals surface area contributed by atoms with Crippen LogP contribution in [0, 0.1) is 10.1 Å². The Hall–Kier alpha value is -3.44. The van der Waals surface area contributed by atoms with Crippen molar-refractivity contribution in [2.75, 3.05) is 5.43 Å². The standard InChI is InChI=1S/C21H16ClN3O2/c22-18-11-6-16(7-12-18)8-15-21(24-23-19-4-2-1-3-5-19)17-9-13-20(14-10-17)25(26)27/h1-15,23H/b15-8+,24-21+. The number of halogens is 1. The highest BCUT2D eigenvalue weighted by Gasteiger charge is 2.07. The summed E-state index contributed by atoms with van der Waals surface area (Å²) in [6, 6.07) is 23.2. The number of non-ortho nitro benzene ring substituents is 1. The molecule has 3 rings (SSSR count). The number of hydrogen-bond acceptors (Lipinski definition) is 4. The lowest BCUT2D eigenvalue weighted by Gasteiger charge is -2.05. The van der Waals surface area contributed by atoms with Gasteiger partial charge in [-0.05, 0) is 48.0 Å². The van der Waals surface area contributed by atoms with Crippen LogP contribution in [0.2, 0.25) is 5.02 Å². The molecule has 5 nitrogen and oxygen atoms in total. The van der Waals surface area contributed by atoms with Gasteiger partial charge in [0.05, 0.1) is 16.3 Å². The number of para-hydroxylation sites is 1. The van der Waals surface area contributed by atoms with Gasteiger partial charge in [-0.3, -0.25) is 15.5 Å². The maximum Gasteiger partial charge on any atom is 0.269 e. The molecule has 134 valence electrons. The van der Waals surface area contributed by atoms with Gasteiger partial charge in [0.1, 0.15) is 0 Å². The van der Waals surface area contributed by atoms with Crippen LogP contribution in [0.15, 0.2) is 90.0 Å². The lowest BCUT2D eigenvalue weighted by Crippen LogP contribution is -2.02. The van der Waals surface area contributed by atoms with Gasteiger partial charge in [0.2, 0.25) is 0 Å². The zero-order chi connectivity index (χ0) is 19.1. The minimum atomic E-state index is -0.424. The molecule has 1 N–H and O–H groups in total. The van der Waals surface area contributed by atoms with Gasteiger partial charge in [0.15, 0.2) is 0 Å². The quantitative estimate of drug-likeness (QED) is 0.336. The number of hydrazone groups is 1. The number of allylic oxidation sites excluding steroid dienone is 1. The molecule has 27 heavy (non-hydrogen) atoms. The SMILES string of the molecule is O=[N+]([O-])c1ccc(C(/C=C/c2ccc(Cl)cc2)=N/Nc2ccccc2)cc1. The second-order valence-corrected chi connectivity index (χ2v) is 6.10. The van der Waals surface area contributed by atoms with Crippen LogP contribution in [0.3, 0.4) is 0 Å². The van der Waals surface area contributed by atoms with Crippen LogP contribution >= 0.6 is 11.6 Å². The monoisotopic (exact) mass is 377 g/mol. The Bertz CT molecular complexity index is 967. The van der Waals surface area contributed by atoms with E-state index in [1.165, 1.54) is 12.1 Å². The van der Waals surface area contributed by atoms with Crippen molar-refractivity contribution in [2.24, 2.45) is 5.10 Å². The molecule has 0 fully saturated rings. The Labute approximate surface area is 161 Å². The number of nitrogens with one attached hydrogen (secondary N) is 1. The van der Waals surface area contributed by atoms with Gasteiger partial charge in [-0.1, -0.05) is 48.0 Å². The summed E-state index contributed by atoms with van der Waals surface area (Å²) in [7, 11) is 0. The van der Waals surface area contributed by atoms with Gasteiger partial charge >= 0.3 is 0 Å². The first kappa shape index (κ1) is 18.4. The largest absolute Gasteiger partial charge is 0.278 e. The van der Waals surface area contributed by atoms with E-state index in [-0.39, 0.29) is 5.69 Å². The molecular formula is C21H16ClN3O2. The highest BCUT2D eigenvalue weighted by atomic mass is 35.5. The van der Waals surface area contributed by atoms with E-state index in [1.54, 1.807) is 12.1 Å². The Kier molecular flexibility index (Phi) is 5.97. The molecule has 0 saturated carbocycles. The summed E-state index contributed by atoms with van der Waals surface area (Å²) < 4.78 is 0. The zero-order valence-corrected chi connectivity index (χ0v) is 15.0. The molecule has 6 heteroatoms. The van der Waals surface area contributed by atoms with Gasteiger partial charge in [-0.15, -0.1) is 0 Å². The predicted molar refractivity (Wildman–Crippen MR) is 110 cm³/mol. The third-order valence-corrected chi connectivity index (χ3v) is 4.01. The lowest BCUT2D eigenvalue weighted by atomic mass is 10.1. The maximum absolute atomic E-state index is 10.9. The minimum absolute atomic E-state index is 0.0378. The van der Waals surface area contributed by atoms with Crippen molar-refractivity contribution in [3.8, 4) is 0 Å². The number of nitro benzene ring substituents is 1. The second kappa shape index (κ2) is 8.78. The third kappa shape index (κ3) is 5.26. The summed E-state index contributed by atoms with van der Waals surface area (Å²) in [6.45, 7) is 0. The second-order valence-electron chi connectivity index (χ2n) is 5.66. The average molecular weight is 378 g/mol. The van der Waals surface area contributed by atoms with Crippen LogP contribution in [-0.4, -0.2) is 10.6 Å². The van der Waals surface area contributed by atoms with Crippen LogP contribution in [0.5, 0.6) is 0 Å².